The van der Waals surface area contributed by atoms with Crippen LogP contribution in [0.2, 0.25) is 0 Å². The molecule has 0 atom stereocenters. The highest BCUT2D eigenvalue weighted by Gasteiger charge is 2.08. The molecule has 0 spiro atoms. The summed E-state index contributed by atoms with van der Waals surface area (Å²) in [5.74, 6) is 0. The van der Waals surface area contributed by atoms with E-state index in [1.165, 1.54) is 0 Å². The molecule has 0 bridgehead atoms. The van der Waals surface area contributed by atoms with E-state index < -0.39 is 0 Å². The molecular formula is C13H11N3O. The minimum Gasteiger partial charge on any atom is -0.294 e. The number of hydrogen-bond acceptors (Lipinski definition) is 3. The van der Waals surface area contributed by atoms with Gasteiger partial charge in [0.05, 0.1) is 11.2 Å². The third-order valence-corrected chi connectivity index (χ3v) is 3.07. The monoisotopic (exact) mass is 225 g/mol. The second-order valence-corrected chi connectivity index (χ2v) is 4.10. The van der Waals surface area contributed by atoms with Crippen LogP contribution in [0.1, 0.15) is 5.69 Å². The van der Waals surface area contributed by atoms with Gasteiger partial charge in [0.25, 0.3) is 0 Å². The fraction of sp³-hybridized carbons (Fsp3) is 0.154. The summed E-state index contributed by atoms with van der Waals surface area (Å²) in [5, 5.41) is 3.06. The van der Waals surface area contributed by atoms with E-state index >= 15 is 0 Å². The van der Waals surface area contributed by atoms with E-state index in [2.05, 4.69) is 9.97 Å². The van der Waals surface area contributed by atoms with Crippen molar-refractivity contribution in [3.05, 3.63) is 46.8 Å². The predicted molar refractivity (Wildman–Crippen MR) is 67.0 cm³/mol. The van der Waals surface area contributed by atoms with E-state index in [1.807, 2.05) is 25.1 Å². The van der Waals surface area contributed by atoms with Crippen LogP contribution < -0.4 is 5.69 Å². The number of rotatable bonds is 0. The molecule has 0 amide bonds. The van der Waals surface area contributed by atoms with Gasteiger partial charge in [0.2, 0.25) is 0 Å². The number of nitrogens with zero attached hydrogens (tertiary/aromatic N) is 3. The van der Waals surface area contributed by atoms with Crippen LogP contribution in [0.5, 0.6) is 0 Å². The molecule has 3 rings (SSSR count). The van der Waals surface area contributed by atoms with Crippen LogP contribution in [0.25, 0.3) is 21.7 Å². The van der Waals surface area contributed by atoms with Crippen LogP contribution in [0.4, 0.5) is 0 Å². The maximum absolute atomic E-state index is 11.7. The third kappa shape index (κ3) is 1.34. The van der Waals surface area contributed by atoms with E-state index in [0.29, 0.717) is 0 Å². The van der Waals surface area contributed by atoms with E-state index in [0.717, 1.165) is 27.4 Å². The molecule has 0 radical (unpaired) electrons. The molecule has 0 unspecified atom stereocenters. The predicted octanol–water partition coefficient (Wildman–Crippen LogP) is 1.79. The molecule has 0 aliphatic rings. The van der Waals surface area contributed by atoms with Gasteiger partial charge in [-0.15, -0.1) is 0 Å². The summed E-state index contributed by atoms with van der Waals surface area (Å²) in [6, 6.07) is 5.92. The Kier molecular flexibility index (Phi) is 1.98. The Morgan fingerprint density at radius 3 is 2.82 bits per heavy atom. The summed E-state index contributed by atoms with van der Waals surface area (Å²) in [4.78, 5) is 19.8. The van der Waals surface area contributed by atoms with Crippen molar-refractivity contribution < 1.29 is 0 Å². The Labute approximate surface area is 97.6 Å². The Hall–Kier alpha value is -2.23. The maximum atomic E-state index is 11.7. The fourth-order valence-electron chi connectivity index (χ4n) is 2.18. The summed E-state index contributed by atoms with van der Waals surface area (Å²) < 4.78 is 1.59. The summed E-state index contributed by atoms with van der Waals surface area (Å²) in [5.41, 5.74) is 1.46. The van der Waals surface area contributed by atoms with Crippen LogP contribution in [0.15, 0.2) is 35.4 Å². The molecule has 84 valence electrons. The van der Waals surface area contributed by atoms with Gasteiger partial charge in [-0.2, -0.15) is 4.98 Å². The molecule has 0 aliphatic carbocycles. The number of fused-ring (bicyclic) bond motifs is 3. The lowest BCUT2D eigenvalue weighted by atomic mass is 10.1. The molecule has 0 saturated heterocycles. The van der Waals surface area contributed by atoms with Gasteiger partial charge >= 0.3 is 5.69 Å². The second kappa shape index (κ2) is 3.38. The molecule has 17 heavy (non-hydrogen) atoms. The normalized spacial score (nSPS) is 11.2. The topological polar surface area (TPSA) is 47.8 Å². The van der Waals surface area contributed by atoms with Gasteiger partial charge in [0, 0.05) is 35.6 Å². The molecule has 2 aromatic heterocycles. The molecule has 0 N–H and O–H groups in total. The molecule has 4 heteroatoms. The van der Waals surface area contributed by atoms with Crippen LogP contribution in [-0.2, 0) is 7.05 Å². The molecule has 4 nitrogen and oxygen atoms in total. The van der Waals surface area contributed by atoms with Crippen molar-refractivity contribution >= 4 is 21.7 Å². The van der Waals surface area contributed by atoms with Gasteiger partial charge in [0.1, 0.15) is 0 Å². The number of pyridine rings is 1. The van der Waals surface area contributed by atoms with Crippen molar-refractivity contribution in [2.75, 3.05) is 0 Å². The van der Waals surface area contributed by atoms with E-state index in [-0.39, 0.29) is 5.69 Å². The Morgan fingerprint density at radius 1 is 1.18 bits per heavy atom. The lowest BCUT2D eigenvalue weighted by molar-refractivity contribution is 0.845. The lowest BCUT2D eigenvalue weighted by Gasteiger charge is -2.09. The number of aryl methyl sites for hydroxylation is 2. The molecule has 2 heterocycles. The van der Waals surface area contributed by atoms with Gasteiger partial charge in [-0.3, -0.25) is 9.55 Å². The van der Waals surface area contributed by atoms with Crippen molar-refractivity contribution in [1.82, 2.24) is 14.5 Å². The Morgan fingerprint density at radius 2 is 2.00 bits per heavy atom. The fourth-order valence-corrected chi connectivity index (χ4v) is 2.18. The maximum Gasteiger partial charge on any atom is 0.348 e. The summed E-state index contributed by atoms with van der Waals surface area (Å²) in [7, 11) is 1.75. The molecular weight excluding hydrogens is 214 g/mol. The molecule has 1 aromatic carbocycles. The van der Waals surface area contributed by atoms with Crippen molar-refractivity contribution in [2.45, 2.75) is 6.92 Å². The van der Waals surface area contributed by atoms with Crippen LogP contribution >= 0.6 is 0 Å². The molecule has 0 fully saturated rings. The summed E-state index contributed by atoms with van der Waals surface area (Å²) in [6.07, 6.45) is 3.54. The zero-order valence-electron chi connectivity index (χ0n) is 9.64. The zero-order valence-corrected chi connectivity index (χ0v) is 9.64. The average molecular weight is 225 g/mol. The smallest absolute Gasteiger partial charge is 0.294 e. The molecule has 0 aliphatic heterocycles. The second-order valence-electron chi connectivity index (χ2n) is 4.10. The minimum absolute atomic E-state index is 0.223. The van der Waals surface area contributed by atoms with E-state index in [1.54, 1.807) is 24.0 Å². The van der Waals surface area contributed by atoms with Crippen LogP contribution in [-0.4, -0.2) is 14.5 Å². The molecule has 0 saturated carbocycles. The summed E-state index contributed by atoms with van der Waals surface area (Å²) >= 11 is 0. The standard InChI is InChI=1S/C13H11N3O/c1-8-10-4-3-9-7-14-6-5-11(9)12(10)16(2)13(17)15-8/h3-7H,1-2H3. The first kappa shape index (κ1) is 9.96. The first-order valence-corrected chi connectivity index (χ1v) is 5.38. The van der Waals surface area contributed by atoms with Crippen molar-refractivity contribution in [3.63, 3.8) is 0 Å². The molecule has 3 aromatic rings. The SMILES string of the molecule is Cc1nc(=O)n(C)c2c1ccc1cnccc12. The van der Waals surface area contributed by atoms with Crippen molar-refractivity contribution in [1.29, 1.82) is 0 Å². The first-order chi connectivity index (χ1) is 8.18. The van der Waals surface area contributed by atoms with Gasteiger partial charge in [-0.05, 0) is 13.0 Å². The van der Waals surface area contributed by atoms with Crippen LogP contribution in [0.3, 0.4) is 0 Å². The quantitative estimate of drug-likeness (QED) is 0.548. The van der Waals surface area contributed by atoms with Crippen molar-refractivity contribution in [2.24, 2.45) is 7.05 Å². The Bertz CT molecular complexity index is 790. The minimum atomic E-state index is -0.223. The average Bonchev–Trinajstić information content (AvgIpc) is 2.35. The largest absolute Gasteiger partial charge is 0.348 e. The number of benzene rings is 1. The van der Waals surface area contributed by atoms with Gasteiger partial charge < -0.3 is 0 Å². The first-order valence-electron chi connectivity index (χ1n) is 5.38. The third-order valence-electron chi connectivity index (χ3n) is 3.07. The highest BCUT2D eigenvalue weighted by molar-refractivity contribution is 6.05. The van der Waals surface area contributed by atoms with Gasteiger partial charge in [0.15, 0.2) is 0 Å². The lowest BCUT2D eigenvalue weighted by Crippen LogP contribution is -2.21. The van der Waals surface area contributed by atoms with Crippen molar-refractivity contribution in [3.8, 4) is 0 Å². The van der Waals surface area contributed by atoms with Gasteiger partial charge in [-0.1, -0.05) is 12.1 Å². The van der Waals surface area contributed by atoms with E-state index in [9.17, 15) is 4.79 Å². The number of aromatic nitrogens is 3. The Balaban J connectivity index is 2.70. The van der Waals surface area contributed by atoms with E-state index in [4.69, 9.17) is 0 Å². The highest BCUT2D eigenvalue weighted by Crippen LogP contribution is 2.24. The van der Waals surface area contributed by atoms with Gasteiger partial charge in [-0.25, -0.2) is 4.79 Å². The summed E-state index contributed by atoms with van der Waals surface area (Å²) in [6.45, 7) is 1.86. The zero-order chi connectivity index (χ0) is 12.0. The van der Waals surface area contributed by atoms with Crippen LogP contribution in [0, 0.1) is 6.92 Å². The number of hydrogen-bond donors (Lipinski definition) is 0. The highest BCUT2D eigenvalue weighted by atomic mass is 16.1.